The van der Waals surface area contributed by atoms with E-state index in [-0.39, 0.29) is 24.2 Å². The van der Waals surface area contributed by atoms with E-state index in [2.05, 4.69) is 15.5 Å². The number of aryl methyl sites for hydroxylation is 1. The Morgan fingerprint density at radius 2 is 2.18 bits per heavy atom. The van der Waals surface area contributed by atoms with Gasteiger partial charge in [-0.25, -0.2) is 0 Å². The molecule has 0 saturated heterocycles. The number of carbonyl (C=O) groups excluding carboxylic acids is 1. The summed E-state index contributed by atoms with van der Waals surface area (Å²) in [5.41, 5.74) is 2.14. The van der Waals surface area contributed by atoms with Crippen LogP contribution in [-0.2, 0) is 17.9 Å². The quantitative estimate of drug-likeness (QED) is 0.828. The fourth-order valence-electron chi connectivity index (χ4n) is 2.26. The highest BCUT2D eigenvalue weighted by molar-refractivity contribution is 5.92. The molecular weight excluding hydrogens is 286 g/mol. The van der Waals surface area contributed by atoms with Gasteiger partial charge >= 0.3 is 5.97 Å². The van der Waals surface area contributed by atoms with Crippen molar-refractivity contribution >= 4 is 11.9 Å². The van der Waals surface area contributed by atoms with Crippen LogP contribution >= 0.6 is 0 Å². The Hall–Kier alpha value is -2.64. The Balaban J connectivity index is 2.06. The van der Waals surface area contributed by atoms with Crippen LogP contribution in [0.25, 0.3) is 0 Å². The second kappa shape index (κ2) is 6.42. The third-order valence-corrected chi connectivity index (χ3v) is 3.43. The molecule has 0 aliphatic rings. The minimum absolute atomic E-state index is 0.189. The van der Waals surface area contributed by atoms with Crippen LogP contribution in [0, 0.1) is 6.92 Å². The molecule has 0 aromatic carbocycles. The number of rotatable bonds is 6. The number of carboxylic acid groups (broad SMARTS) is 1. The van der Waals surface area contributed by atoms with Crippen molar-refractivity contribution < 1.29 is 14.7 Å². The predicted molar refractivity (Wildman–Crippen MR) is 78.4 cm³/mol. The van der Waals surface area contributed by atoms with E-state index >= 15 is 0 Å². The van der Waals surface area contributed by atoms with Crippen molar-refractivity contribution in [2.24, 2.45) is 0 Å². The van der Waals surface area contributed by atoms with Crippen molar-refractivity contribution in [2.45, 2.75) is 39.9 Å². The van der Waals surface area contributed by atoms with Crippen LogP contribution in [0.2, 0.25) is 0 Å². The first-order valence-corrected chi connectivity index (χ1v) is 7.00. The van der Waals surface area contributed by atoms with Crippen LogP contribution < -0.4 is 5.32 Å². The van der Waals surface area contributed by atoms with E-state index in [4.69, 9.17) is 5.11 Å². The molecule has 0 aliphatic carbocycles. The van der Waals surface area contributed by atoms with Crippen molar-refractivity contribution in [3.63, 3.8) is 0 Å². The smallest absolute Gasteiger partial charge is 0.325 e. The first-order chi connectivity index (χ1) is 10.4. The van der Waals surface area contributed by atoms with Crippen LogP contribution in [0.4, 0.5) is 0 Å². The van der Waals surface area contributed by atoms with Gasteiger partial charge in [-0.2, -0.15) is 10.2 Å². The van der Waals surface area contributed by atoms with Crippen molar-refractivity contribution in [1.82, 2.24) is 24.9 Å². The highest BCUT2D eigenvalue weighted by Gasteiger charge is 2.17. The van der Waals surface area contributed by atoms with Crippen LogP contribution in [0.3, 0.4) is 0 Å². The van der Waals surface area contributed by atoms with E-state index in [1.165, 1.54) is 16.9 Å². The summed E-state index contributed by atoms with van der Waals surface area (Å²) >= 11 is 0. The average molecular weight is 305 g/mol. The molecule has 2 heterocycles. The molecule has 0 radical (unpaired) electrons. The number of nitrogens with one attached hydrogen (secondary N) is 1. The largest absolute Gasteiger partial charge is 0.480 e. The standard InChI is InChI=1S/C14H19N5O3/c1-4-19-10(3)11(7-15-19)9(2)16-14(22)12-5-6-18(17-12)8-13(20)21/h5-7,9H,4,8H2,1-3H3,(H,16,22)(H,20,21). The molecule has 2 aromatic rings. The van der Waals surface area contributed by atoms with Crippen LogP contribution in [-0.4, -0.2) is 36.5 Å². The van der Waals surface area contributed by atoms with Gasteiger partial charge in [0.1, 0.15) is 12.2 Å². The van der Waals surface area contributed by atoms with Crippen molar-refractivity contribution in [2.75, 3.05) is 0 Å². The predicted octanol–water partition coefficient (Wildman–Crippen LogP) is 0.984. The molecule has 0 aliphatic heterocycles. The van der Waals surface area contributed by atoms with E-state index in [9.17, 15) is 9.59 Å². The third kappa shape index (κ3) is 3.33. The van der Waals surface area contributed by atoms with Gasteiger partial charge in [-0.05, 0) is 26.8 Å². The molecule has 1 unspecified atom stereocenters. The van der Waals surface area contributed by atoms with Gasteiger partial charge in [0.2, 0.25) is 0 Å². The maximum Gasteiger partial charge on any atom is 0.325 e. The number of aliphatic carboxylic acids is 1. The van der Waals surface area contributed by atoms with E-state index in [0.717, 1.165) is 17.8 Å². The number of hydrogen-bond acceptors (Lipinski definition) is 4. The van der Waals surface area contributed by atoms with Gasteiger partial charge in [-0.15, -0.1) is 0 Å². The van der Waals surface area contributed by atoms with Gasteiger partial charge in [-0.3, -0.25) is 19.0 Å². The number of amides is 1. The Kier molecular flexibility index (Phi) is 4.59. The third-order valence-electron chi connectivity index (χ3n) is 3.43. The monoisotopic (exact) mass is 305 g/mol. The lowest BCUT2D eigenvalue weighted by Crippen LogP contribution is -2.27. The number of carbonyl (C=O) groups is 2. The maximum absolute atomic E-state index is 12.2. The van der Waals surface area contributed by atoms with E-state index in [1.807, 2.05) is 25.5 Å². The molecule has 22 heavy (non-hydrogen) atoms. The summed E-state index contributed by atoms with van der Waals surface area (Å²) in [6.07, 6.45) is 3.21. The summed E-state index contributed by atoms with van der Waals surface area (Å²) in [6.45, 7) is 6.33. The second-order valence-corrected chi connectivity index (χ2v) is 4.99. The molecule has 2 aromatic heterocycles. The zero-order valence-electron chi connectivity index (χ0n) is 12.8. The minimum atomic E-state index is -1.01. The Bertz CT molecular complexity index is 688. The zero-order chi connectivity index (χ0) is 16.3. The van der Waals surface area contributed by atoms with Crippen molar-refractivity contribution in [3.05, 3.63) is 35.4 Å². The average Bonchev–Trinajstić information content (AvgIpc) is 3.04. The van der Waals surface area contributed by atoms with E-state index in [0.29, 0.717) is 0 Å². The van der Waals surface area contributed by atoms with Crippen LogP contribution in [0.5, 0.6) is 0 Å². The summed E-state index contributed by atoms with van der Waals surface area (Å²) in [4.78, 5) is 22.8. The van der Waals surface area contributed by atoms with E-state index < -0.39 is 5.97 Å². The summed E-state index contributed by atoms with van der Waals surface area (Å²) < 4.78 is 3.07. The van der Waals surface area contributed by atoms with Gasteiger partial charge in [0, 0.05) is 24.0 Å². The Morgan fingerprint density at radius 1 is 1.45 bits per heavy atom. The number of hydrogen-bond donors (Lipinski definition) is 2. The number of aromatic nitrogens is 4. The molecule has 8 nitrogen and oxygen atoms in total. The summed E-state index contributed by atoms with van der Waals surface area (Å²) in [7, 11) is 0. The van der Waals surface area contributed by atoms with Crippen molar-refractivity contribution in [3.8, 4) is 0 Å². The summed E-state index contributed by atoms with van der Waals surface area (Å²) in [5, 5.41) is 19.7. The molecule has 2 rings (SSSR count). The first kappa shape index (κ1) is 15.7. The highest BCUT2D eigenvalue weighted by Crippen LogP contribution is 2.17. The molecule has 0 fully saturated rings. The fourth-order valence-corrected chi connectivity index (χ4v) is 2.26. The lowest BCUT2D eigenvalue weighted by molar-refractivity contribution is -0.137. The van der Waals surface area contributed by atoms with Crippen LogP contribution in [0.15, 0.2) is 18.5 Å². The lowest BCUT2D eigenvalue weighted by atomic mass is 10.1. The molecule has 118 valence electrons. The molecule has 0 saturated carbocycles. The SMILES string of the molecule is CCn1ncc(C(C)NC(=O)c2ccn(CC(=O)O)n2)c1C. The number of carboxylic acids is 1. The molecule has 1 amide bonds. The molecule has 0 spiro atoms. The second-order valence-electron chi connectivity index (χ2n) is 4.99. The van der Waals surface area contributed by atoms with Gasteiger partial charge in [-0.1, -0.05) is 0 Å². The van der Waals surface area contributed by atoms with Crippen LogP contribution in [0.1, 0.15) is 41.6 Å². The number of nitrogens with zero attached hydrogens (tertiary/aromatic N) is 4. The van der Waals surface area contributed by atoms with Crippen molar-refractivity contribution in [1.29, 1.82) is 0 Å². The topological polar surface area (TPSA) is 102 Å². The Morgan fingerprint density at radius 3 is 2.77 bits per heavy atom. The molecular formula is C14H19N5O3. The molecule has 8 heteroatoms. The Labute approximate surface area is 127 Å². The molecule has 0 bridgehead atoms. The minimum Gasteiger partial charge on any atom is -0.480 e. The first-order valence-electron chi connectivity index (χ1n) is 7.00. The molecule has 2 N–H and O–H groups in total. The molecule has 1 atom stereocenters. The fraction of sp³-hybridized carbons (Fsp3) is 0.429. The van der Waals surface area contributed by atoms with E-state index in [1.54, 1.807) is 6.20 Å². The summed E-state index contributed by atoms with van der Waals surface area (Å²) in [5.74, 6) is -1.36. The maximum atomic E-state index is 12.2. The summed E-state index contributed by atoms with van der Waals surface area (Å²) in [6, 6.07) is 1.28. The van der Waals surface area contributed by atoms with Gasteiger partial charge < -0.3 is 10.4 Å². The van der Waals surface area contributed by atoms with Gasteiger partial charge in [0.15, 0.2) is 0 Å². The zero-order valence-corrected chi connectivity index (χ0v) is 12.8. The van der Waals surface area contributed by atoms with Gasteiger partial charge in [0.25, 0.3) is 5.91 Å². The highest BCUT2D eigenvalue weighted by atomic mass is 16.4. The lowest BCUT2D eigenvalue weighted by Gasteiger charge is -2.13. The normalized spacial score (nSPS) is 12.1. The van der Waals surface area contributed by atoms with Gasteiger partial charge in [0.05, 0.1) is 12.2 Å².